The Labute approximate surface area is 62.2 Å². The molecule has 0 saturated heterocycles. The van der Waals surface area contributed by atoms with Crippen molar-refractivity contribution in [2.75, 3.05) is 0 Å². The van der Waals surface area contributed by atoms with Crippen molar-refractivity contribution in [1.82, 2.24) is 0 Å². The zero-order valence-corrected chi connectivity index (χ0v) is 6.92. The van der Waals surface area contributed by atoms with Gasteiger partial charge < -0.3 is 5.11 Å². The molecule has 2 nitrogen and oxygen atoms in total. The second kappa shape index (κ2) is 4.45. The van der Waals surface area contributed by atoms with E-state index in [0.717, 1.165) is 0 Å². The van der Waals surface area contributed by atoms with E-state index in [1.54, 1.807) is 6.92 Å². The Balaban J connectivity index is 3.57. The number of carbonyl (C=O) groups excluding carboxylic acids is 1. The Morgan fingerprint density at radius 2 is 2.00 bits per heavy atom. The highest BCUT2D eigenvalue weighted by Crippen LogP contribution is 2.08. The summed E-state index contributed by atoms with van der Waals surface area (Å²) < 4.78 is 0. The first-order chi connectivity index (χ1) is 4.57. The van der Waals surface area contributed by atoms with Crippen LogP contribution < -0.4 is 0 Å². The molecule has 0 aliphatic rings. The first-order valence-electron chi connectivity index (χ1n) is 3.77. The molecule has 0 aliphatic carbocycles. The summed E-state index contributed by atoms with van der Waals surface area (Å²) in [6, 6.07) is 0. The summed E-state index contributed by atoms with van der Waals surface area (Å²) in [5, 5.41) is 9.01. The third kappa shape index (κ3) is 3.62. The van der Waals surface area contributed by atoms with Crippen LogP contribution in [0.25, 0.3) is 0 Å². The van der Waals surface area contributed by atoms with Gasteiger partial charge in [0.15, 0.2) is 0 Å². The predicted octanol–water partition coefficient (Wildman–Crippen LogP) is 1.37. The molecule has 1 N–H and O–H groups in total. The zero-order valence-electron chi connectivity index (χ0n) is 6.92. The molecule has 2 atom stereocenters. The van der Waals surface area contributed by atoms with Crippen molar-refractivity contribution >= 4 is 5.78 Å². The summed E-state index contributed by atoms with van der Waals surface area (Å²) in [6.45, 7) is 5.45. The highest BCUT2D eigenvalue weighted by Gasteiger charge is 2.11. The van der Waals surface area contributed by atoms with Gasteiger partial charge in [0.05, 0.1) is 6.10 Å². The van der Waals surface area contributed by atoms with Gasteiger partial charge in [0, 0.05) is 12.8 Å². The molecule has 0 spiro atoms. The fourth-order valence-electron chi connectivity index (χ4n) is 0.674. The Morgan fingerprint density at radius 1 is 1.50 bits per heavy atom. The molecule has 0 rings (SSSR count). The third-order valence-electron chi connectivity index (χ3n) is 1.77. The molecule has 0 aliphatic heterocycles. The van der Waals surface area contributed by atoms with Crippen molar-refractivity contribution in [3.63, 3.8) is 0 Å². The van der Waals surface area contributed by atoms with Gasteiger partial charge in [-0.3, -0.25) is 4.79 Å². The molecule has 0 amide bonds. The van der Waals surface area contributed by atoms with E-state index in [9.17, 15) is 4.79 Å². The van der Waals surface area contributed by atoms with E-state index in [-0.39, 0.29) is 17.8 Å². The molecule has 0 aromatic carbocycles. The molecule has 2 heteroatoms. The predicted molar refractivity (Wildman–Crippen MR) is 40.8 cm³/mol. The molecule has 60 valence electrons. The number of hydrogen-bond acceptors (Lipinski definition) is 2. The maximum Gasteiger partial charge on any atom is 0.133 e. The summed E-state index contributed by atoms with van der Waals surface area (Å²) in [6.07, 6.45) is 0.723. The summed E-state index contributed by atoms with van der Waals surface area (Å²) >= 11 is 0. The molecular formula is C8H16O2. The maximum atomic E-state index is 10.8. The number of carbonyl (C=O) groups is 1. The molecule has 0 aromatic heterocycles. The molecule has 10 heavy (non-hydrogen) atoms. The molecule has 0 saturated carbocycles. The van der Waals surface area contributed by atoms with Gasteiger partial charge in [-0.25, -0.2) is 0 Å². The minimum atomic E-state index is -0.365. The van der Waals surface area contributed by atoms with E-state index in [0.29, 0.717) is 12.8 Å². The number of rotatable bonds is 4. The number of ketones is 1. The fourth-order valence-corrected chi connectivity index (χ4v) is 0.674. The molecule has 2 unspecified atom stereocenters. The van der Waals surface area contributed by atoms with E-state index in [1.807, 2.05) is 13.8 Å². The maximum absolute atomic E-state index is 10.8. The van der Waals surface area contributed by atoms with Gasteiger partial charge in [-0.2, -0.15) is 0 Å². The largest absolute Gasteiger partial charge is 0.393 e. The molecule has 0 fully saturated rings. The minimum Gasteiger partial charge on any atom is -0.393 e. The topological polar surface area (TPSA) is 37.3 Å². The monoisotopic (exact) mass is 144 g/mol. The molecular weight excluding hydrogens is 128 g/mol. The second-order valence-corrected chi connectivity index (χ2v) is 2.81. The molecule has 0 bridgehead atoms. The van der Waals surface area contributed by atoms with Gasteiger partial charge in [-0.15, -0.1) is 0 Å². The Kier molecular flexibility index (Phi) is 4.28. The van der Waals surface area contributed by atoms with Crippen LogP contribution >= 0.6 is 0 Å². The van der Waals surface area contributed by atoms with Crippen LogP contribution in [0, 0.1) is 5.92 Å². The van der Waals surface area contributed by atoms with E-state index < -0.39 is 0 Å². The van der Waals surface area contributed by atoms with E-state index >= 15 is 0 Å². The lowest BCUT2D eigenvalue weighted by molar-refractivity contribution is -0.120. The molecule has 0 radical (unpaired) electrons. The average Bonchev–Trinajstić information content (AvgIpc) is 1.87. The van der Waals surface area contributed by atoms with Gasteiger partial charge in [-0.1, -0.05) is 13.8 Å². The van der Waals surface area contributed by atoms with Crippen LogP contribution in [0.5, 0.6) is 0 Å². The number of hydrogen-bond donors (Lipinski definition) is 1. The third-order valence-corrected chi connectivity index (χ3v) is 1.77. The van der Waals surface area contributed by atoms with Crippen molar-refractivity contribution in [2.24, 2.45) is 5.92 Å². The first kappa shape index (κ1) is 9.63. The van der Waals surface area contributed by atoms with Crippen LogP contribution in [-0.2, 0) is 4.79 Å². The quantitative estimate of drug-likeness (QED) is 0.647. The smallest absolute Gasteiger partial charge is 0.133 e. The van der Waals surface area contributed by atoms with Gasteiger partial charge >= 0.3 is 0 Å². The zero-order chi connectivity index (χ0) is 8.15. The van der Waals surface area contributed by atoms with Crippen LogP contribution in [0.2, 0.25) is 0 Å². The summed E-state index contributed by atoms with van der Waals surface area (Å²) in [7, 11) is 0. The van der Waals surface area contributed by atoms with Crippen molar-refractivity contribution in [3.8, 4) is 0 Å². The first-order valence-corrected chi connectivity index (χ1v) is 3.77. The van der Waals surface area contributed by atoms with Gasteiger partial charge in [0.1, 0.15) is 5.78 Å². The Morgan fingerprint density at radius 3 is 2.30 bits per heavy atom. The Hall–Kier alpha value is -0.370. The van der Waals surface area contributed by atoms with Crippen LogP contribution in [-0.4, -0.2) is 17.0 Å². The van der Waals surface area contributed by atoms with Gasteiger partial charge in [0.25, 0.3) is 0 Å². The summed E-state index contributed by atoms with van der Waals surface area (Å²) in [4.78, 5) is 10.8. The Bertz CT molecular complexity index is 108. The number of aliphatic hydroxyl groups excluding tert-OH is 1. The normalized spacial score (nSPS) is 16.4. The summed E-state index contributed by atoms with van der Waals surface area (Å²) in [5.74, 6) is 0.334. The standard InChI is InChI=1S/C8H16O2/c1-4-8(10)5-6(2)7(3)9/h6-7,9H,4-5H2,1-3H3. The lowest BCUT2D eigenvalue weighted by atomic mass is 9.99. The second-order valence-electron chi connectivity index (χ2n) is 2.81. The highest BCUT2D eigenvalue weighted by molar-refractivity contribution is 5.78. The van der Waals surface area contributed by atoms with Crippen LogP contribution in [0.3, 0.4) is 0 Å². The lowest BCUT2D eigenvalue weighted by Crippen LogP contribution is -2.16. The highest BCUT2D eigenvalue weighted by atomic mass is 16.3. The summed E-state index contributed by atoms with van der Waals surface area (Å²) in [5.41, 5.74) is 0. The van der Waals surface area contributed by atoms with Crippen LogP contribution in [0.4, 0.5) is 0 Å². The fraction of sp³-hybridized carbons (Fsp3) is 0.875. The minimum absolute atomic E-state index is 0.104. The average molecular weight is 144 g/mol. The van der Waals surface area contributed by atoms with E-state index in [1.165, 1.54) is 0 Å². The SMILES string of the molecule is CCC(=O)CC(C)C(C)O. The van der Waals surface area contributed by atoms with Gasteiger partial charge in [-0.05, 0) is 12.8 Å². The lowest BCUT2D eigenvalue weighted by Gasteiger charge is -2.12. The number of Topliss-reactive ketones (excluding diaryl/α,β-unsaturated/α-hetero) is 1. The van der Waals surface area contributed by atoms with E-state index in [4.69, 9.17) is 5.11 Å². The van der Waals surface area contributed by atoms with Gasteiger partial charge in [0.2, 0.25) is 0 Å². The van der Waals surface area contributed by atoms with Crippen molar-refractivity contribution in [1.29, 1.82) is 0 Å². The van der Waals surface area contributed by atoms with Crippen LogP contribution in [0.15, 0.2) is 0 Å². The number of aliphatic hydroxyl groups is 1. The van der Waals surface area contributed by atoms with Crippen LogP contribution in [0.1, 0.15) is 33.6 Å². The molecule has 0 heterocycles. The van der Waals surface area contributed by atoms with Crippen molar-refractivity contribution in [2.45, 2.75) is 39.7 Å². The van der Waals surface area contributed by atoms with E-state index in [2.05, 4.69) is 0 Å². The van der Waals surface area contributed by atoms with Crippen molar-refractivity contribution < 1.29 is 9.90 Å². The molecule has 0 aromatic rings. The van der Waals surface area contributed by atoms with Crippen molar-refractivity contribution in [3.05, 3.63) is 0 Å².